The number of hydrogen-bond donors (Lipinski definition) is 2. The van der Waals surface area contributed by atoms with Crippen LogP contribution >= 0.6 is 34.8 Å². The van der Waals surface area contributed by atoms with Crippen LogP contribution in [0.15, 0.2) is 18.2 Å². The number of hydrogen-bond acceptors (Lipinski definition) is 1. The maximum atomic E-state index is 13.8. The maximum absolute atomic E-state index is 13.8. The van der Waals surface area contributed by atoms with Crippen LogP contribution in [0, 0.1) is 12.7 Å². The quantitative estimate of drug-likeness (QED) is 0.756. The maximum Gasteiger partial charge on any atom is 0.318 e. The summed E-state index contributed by atoms with van der Waals surface area (Å²) >= 11 is 18.1. The van der Waals surface area contributed by atoms with Gasteiger partial charge in [0.05, 0.1) is 32.7 Å². The van der Waals surface area contributed by atoms with Gasteiger partial charge in [0.25, 0.3) is 0 Å². The molecule has 0 radical (unpaired) electrons. The highest BCUT2D eigenvalue weighted by Crippen LogP contribution is 2.40. The van der Waals surface area contributed by atoms with E-state index in [9.17, 15) is 9.18 Å². The molecule has 1 aromatic carbocycles. The highest BCUT2D eigenvalue weighted by atomic mass is 35.6. The molecular formula is C16H22Cl3FN3O+. The molecule has 1 fully saturated rings. The van der Waals surface area contributed by atoms with Crippen LogP contribution in [0.25, 0.3) is 0 Å². The predicted molar refractivity (Wildman–Crippen MR) is 95.5 cm³/mol. The fourth-order valence-electron chi connectivity index (χ4n) is 2.74. The molecule has 0 spiro atoms. The van der Waals surface area contributed by atoms with Gasteiger partial charge in [-0.15, -0.1) is 0 Å². The van der Waals surface area contributed by atoms with Gasteiger partial charge in [-0.05, 0) is 31.0 Å². The Hall–Kier alpha value is -0.750. The molecule has 0 bridgehead atoms. The summed E-state index contributed by atoms with van der Waals surface area (Å²) in [7, 11) is 0. The van der Waals surface area contributed by atoms with E-state index in [2.05, 4.69) is 12.2 Å². The number of benzene rings is 1. The minimum absolute atomic E-state index is 0.303. The van der Waals surface area contributed by atoms with Crippen molar-refractivity contribution in [3.8, 4) is 0 Å². The Morgan fingerprint density at radius 2 is 2.00 bits per heavy atom. The van der Waals surface area contributed by atoms with Gasteiger partial charge in [-0.1, -0.05) is 46.9 Å². The molecule has 24 heavy (non-hydrogen) atoms. The van der Waals surface area contributed by atoms with E-state index in [0.717, 1.165) is 19.6 Å². The molecule has 4 nitrogen and oxygen atoms in total. The van der Waals surface area contributed by atoms with Crippen molar-refractivity contribution in [1.82, 2.24) is 10.2 Å². The first-order chi connectivity index (χ1) is 11.2. The Bertz CT molecular complexity index is 586. The molecule has 1 aromatic rings. The third-order valence-electron chi connectivity index (χ3n) is 4.38. The van der Waals surface area contributed by atoms with Gasteiger partial charge in [0.1, 0.15) is 11.9 Å². The average molecular weight is 398 g/mol. The third-order valence-corrected chi connectivity index (χ3v) is 5.04. The molecule has 0 aliphatic carbocycles. The standard InChI is InChI=1S/C16H21Cl3FN3O/c1-3-22-6-8-23(9-7-22)15(24)21-14(16(17,18)19)12-5-4-11(2)13(20)10-12/h4-5,10,14H,3,6-9H2,1-2H3,(H,21,24)/p+1/t14-/m1/s1. The predicted octanol–water partition coefficient (Wildman–Crippen LogP) is 2.48. The van der Waals surface area contributed by atoms with Crippen LogP contribution in [0.1, 0.15) is 24.1 Å². The largest absolute Gasteiger partial charge is 0.332 e. The number of urea groups is 1. The summed E-state index contributed by atoms with van der Waals surface area (Å²) < 4.78 is 12.1. The van der Waals surface area contributed by atoms with Gasteiger partial charge in [-0.2, -0.15) is 0 Å². The molecule has 1 aliphatic heterocycles. The number of halogens is 4. The molecule has 2 amide bonds. The van der Waals surface area contributed by atoms with Crippen LogP contribution in [0.3, 0.4) is 0 Å². The zero-order valence-corrected chi connectivity index (χ0v) is 16.0. The topological polar surface area (TPSA) is 36.8 Å². The Kier molecular flexibility index (Phi) is 6.59. The van der Waals surface area contributed by atoms with Crippen LogP contribution in [-0.4, -0.2) is 47.4 Å². The minimum atomic E-state index is -1.78. The lowest BCUT2D eigenvalue weighted by molar-refractivity contribution is -0.902. The van der Waals surface area contributed by atoms with E-state index in [4.69, 9.17) is 34.8 Å². The zero-order chi connectivity index (χ0) is 17.9. The first-order valence-electron chi connectivity index (χ1n) is 7.94. The highest BCUT2D eigenvalue weighted by molar-refractivity contribution is 6.68. The second kappa shape index (κ2) is 8.09. The highest BCUT2D eigenvalue weighted by Gasteiger charge is 2.37. The number of alkyl halides is 3. The molecule has 0 unspecified atom stereocenters. The van der Waals surface area contributed by atoms with Crippen LogP contribution in [0.2, 0.25) is 0 Å². The Labute approximate surface area is 156 Å². The van der Waals surface area contributed by atoms with Crippen molar-refractivity contribution in [2.75, 3.05) is 32.7 Å². The van der Waals surface area contributed by atoms with E-state index in [1.807, 2.05) is 0 Å². The fourth-order valence-corrected chi connectivity index (χ4v) is 3.28. The van der Waals surface area contributed by atoms with Gasteiger partial charge in [-0.3, -0.25) is 0 Å². The minimum Gasteiger partial charge on any atom is -0.332 e. The number of amides is 2. The van der Waals surface area contributed by atoms with Crippen molar-refractivity contribution in [2.24, 2.45) is 0 Å². The Morgan fingerprint density at radius 1 is 1.38 bits per heavy atom. The second-order valence-corrected chi connectivity index (χ2v) is 8.39. The van der Waals surface area contributed by atoms with Gasteiger partial charge >= 0.3 is 6.03 Å². The molecule has 2 rings (SSSR count). The summed E-state index contributed by atoms with van der Waals surface area (Å²) in [6.45, 7) is 7.87. The van der Waals surface area contributed by atoms with Crippen LogP contribution < -0.4 is 10.2 Å². The van der Waals surface area contributed by atoms with Gasteiger partial charge in [0, 0.05) is 0 Å². The summed E-state index contributed by atoms with van der Waals surface area (Å²) in [6.07, 6.45) is 0. The monoisotopic (exact) mass is 396 g/mol. The molecule has 8 heteroatoms. The second-order valence-electron chi connectivity index (χ2n) is 6.02. The van der Waals surface area contributed by atoms with E-state index in [1.165, 1.54) is 11.0 Å². The van der Waals surface area contributed by atoms with E-state index in [1.54, 1.807) is 24.0 Å². The number of nitrogens with one attached hydrogen (secondary N) is 2. The summed E-state index contributed by atoms with van der Waals surface area (Å²) in [6, 6.07) is 3.32. The first kappa shape index (κ1) is 19.6. The number of aryl methyl sites for hydroxylation is 1. The summed E-state index contributed by atoms with van der Waals surface area (Å²) in [5.74, 6) is -0.402. The number of piperazine rings is 1. The van der Waals surface area contributed by atoms with Gasteiger partial charge < -0.3 is 15.1 Å². The van der Waals surface area contributed by atoms with E-state index < -0.39 is 15.7 Å². The molecule has 1 heterocycles. The number of rotatable bonds is 3. The average Bonchev–Trinajstić information content (AvgIpc) is 2.54. The smallest absolute Gasteiger partial charge is 0.318 e. The van der Waals surface area contributed by atoms with E-state index in [0.29, 0.717) is 24.2 Å². The molecule has 1 aliphatic rings. The van der Waals surface area contributed by atoms with Crippen LogP contribution in [0.4, 0.5) is 9.18 Å². The summed E-state index contributed by atoms with van der Waals surface area (Å²) in [4.78, 5) is 15.7. The van der Waals surface area contributed by atoms with E-state index in [-0.39, 0.29) is 6.03 Å². The van der Waals surface area contributed by atoms with Crippen LogP contribution in [0.5, 0.6) is 0 Å². The summed E-state index contributed by atoms with van der Waals surface area (Å²) in [5.41, 5.74) is 0.913. The normalized spacial score (nSPS) is 17.7. The lowest BCUT2D eigenvalue weighted by Gasteiger charge is -2.34. The molecule has 2 N–H and O–H groups in total. The number of carbonyl (C=O) groups excluding carboxylic acids is 1. The van der Waals surface area contributed by atoms with Gasteiger partial charge in [0.15, 0.2) is 0 Å². The molecule has 0 aromatic heterocycles. The number of likely N-dealkylation sites (N-methyl/N-ethyl adjacent to an activating group) is 1. The molecule has 0 saturated carbocycles. The third kappa shape index (κ3) is 4.88. The fraction of sp³-hybridized carbons (Fsp3) is 0.562. The van der Waals surface area contributed by atoms with Crippen molar-refractivity contribution in [1.29, 1.82) is 0 Å². The molecule has 134 valence electrons. The van der Waals surface area contributed by atoms with Crippen molar-refractivity contribution < 1.29 is 14.1 Å². The number of carbonyl (C=O) groups is 1. The van der Waals surface area contributed by atoms with E-state index >= 15 is 0 Å². The zero-order valence-electron chi connectivity index (χ0n) is 13.7. The molecule has 1 saturated heterocycles. The first-order valence-corrected chi connectivity index (χ1v) is 9.07. The summed E-state index contributed by atoms with van der Waals surface area (Å²) in [5, 5.41) is 2.74. The number of nitrogens with zero attached hydrogens (tertiary/aromatic N) is 1. The van der Waals surface area contributed by atoms with Gasteiger partial charge in [0.2, 0.25) is 3.79 Å². The lowest BCUT2D eigenvalue weighted by atomic mass is 10.1. The van der Waals surface area contributed by atoms with Gasteiger partial charge in [-0.25, -0.2) is 9.18 Å². The number of quaternary nitrogens is 1. The van der Waals surface area contributed by atoms with Crippen molar-refractivity contribution in [3.05, 3.63) is 35.1 Å². The van der Waals surface area contributed by atoms with Crippen molar-refractivity contribution >= 4 is 40.8 Å². The molecule has 1 atom stereocenters. The molecular weight excluding hydrogens is 376 g/mol. The lowest BCUT2D eigenvalue weighted by Crippen LogP contribution is -3.14. The van der Waals surface area contributed by atoms with Crippen molar-refractivity contribution in [3.63, 3.8) is 0 Å². The van der Waals surface area contributed by atoms with Crippen molar-refractivity contribution in [2.45, 2.75) is 23.7 Å². The Morgan fingerprint density at radius 3 is 2.50 bits per heavy atom. The van der Waals surface area contributed by atoms with Crippen LogP contribution in [-0.2, 0) is 0 Å². The Balaban J connectivity index is 2.12. The SMILES string of the molecule is CC[NH+]1CCN(C(=O)N[C@H](c2ccc(C)c(F)c2)C(Cl)(Cl)Cl)CC1.